The van der Waals surface area contributed by atoms with Crippen LogP contribution in [-0.4, -0.2) is 48.1 Å². The molecule has 1 N–H and O–H groups in total. The molecule has 2 aromatic carbocycles. The Morgan fingerprint density at radius 2 is 1.87 bits per heavy atom. The summed E-state index contributed by atoms with van der Waals surface area (Å²) in [5, 5.41) is 10.6. The molecule has 1 amide bonds. The first-order chi connectivity index (χ1) is 14.9. The summed E-state index contributed by atoms with van der Waals surface area (Å²) < 4.78 is 10.9. The molecule has 1 atom stereocenters. The summed E-state index contributed by atoms with van der Waals surface area (Å²) in [7, 11) is 1.55. The summed E-state index contributed by atoms with van der Waals surface area (Å²) in [4.78, 5) is 27.5. The van der Waals surface area contributed by atoms with Gasteiger partial charge in [-0.2, -0.15) is 0 Å². The van der Waals surface area contributed by atoms with E-state index >= 15 is 0 Å². The number of rotatable bonds is 10. The molecule has 1 unspecified atom stereocenters. The molecule has 0 bridgehead atoms. The van der Waals surface area contributed by atoms with E-state index in [2.05, 4.69) is 0 Å². The predicted molar refractivity (Wildman–Crippen MR) is 118 cm³/mol. The Hall–Kier alpha value is -3.12. The summed E-state index contributed by atoms with van der Waals surface area (Å²) in [5.41, 5.74) is 1.88. The summed E-state index contributed by atoms with van der Waals surface area (Å²) in [6.45, 7) is 4.42. The van der Waals surface area contributed by atoms with Crippen molar-refractivity contribution in [1.82, 2.24) is 4.90 Å². The van der Waals surface area contributed by atoms with Crippen LogP contribution in [0.1, 0.15) is 37.4 Å². The minimum Gasteiger partial charge on any atom is -0.503 e. The number of Topliss-reactive ketones (excluding diaryl/α,β-unsaturated/α-hetero) is 1. The fraction of sp³-hybridized carbons (Fsp3) is 0.360. The first-order valence-corrected chi connectivity index (χ1v) is 10.5. The first kappa shape index (κ1) is 22.6. The zero-order chi connectivity index (χ0) is 22.4. The van der Waals surface area contributed by atoms with Gasteiger partial charge in [-0.15, -0.1) is 0 Å². The van der Waals surface area contributed by atoms with Crippen molar-refractivity contribution < 1.29 is 24.2 Å². The van der Waals surface area contributed by atoms with Gasteiger partial charge >= 0.3 is 0 Å². The van der Waals surface area contributed by atoms with Gasteiger partial charge in [0.15, 0.2) is 11.5 Å². The smallest absolute Gasteiger partial charge is 0.290 e. The molecular formula is C25H29NO5. The number of hydrogen-bond donors (Lipinski definition) is 1. The Labute approximate surface area is 183 Å². The van der Waals surface area contributed by atoms with Crippen molar-refractivity contribution in [3.8, 4) is 5.75 Å². The Morgan fingerprint density at radius 3 is 2.55 bits per heavy atom. The number of amides is 1. The number of aliphatic hydroxyl groups excluding tert-OH is 1. The number of nitrogens with zero attached hydrogens (tertiary/aromatic N) is 1. The van der Waals surface area contributed by atoms with E-state index in [-0.39, 0.29) is 30.4 Å². The van der Waals surface area contributed by atoms with Crippen LogP contribution in [0, 0.1) is 0 Å². The number of carbonyl (C=O) groups is 2. The minimum atomic E-state index is -0.679. The molecule has 6 nitrogen and oxygen atoms in total. The molecule has 0 saturated heterocycles. The van der Waals surface area contributed by atoms with Crippen LogP contribution in [0.2, 0.25) is 0 Å². The van der Waals surface area contributed by atoms with Crippen LogP contribution >= 0.6 is 0 Å². The van der Waals surface area contributed by atoms with E-state index in [1.165, 1.54) is 4.90 Å². The highest BCUT2D eigenvalue weighted by Crippen LogP contribution is 2.39. The minimum absolute atomic E-state index is 0.0130. The summed E-state index contributed by atoms with van der Waals surface area (Å²) in [6, 6.07) is 16.3. The maximum absolute atomic E-state index is 13.2. The summed E-state index contributed by atoms with van der Waals surface area (Å²) >= 11 is 0. The average Bonchev–Trinajstić information content (AvgIpc) is 3.01. The average molecular weight is 424 g/mol. The summed E-state index contributed by atoms with van der Waals surface area (Å²) in [6.07, 6.45) is 0.723. The molecule has 1 aliphatic rings. The number of ketones is 1. The van der Waals surface area contributed by atoms with E-state index in [0.717, 1.165) is 11.1 Å². The van der Waals surface area contributed by atoms with Crippen LogP contribution in [0.25, 0.3) is 0 Å². The van der Waals surface area contributed by atoms with E-state index in [9.17, 15) is 14.7 Å². The lowest BCUT2D eigenvalue weighted by Gasteiger charge is -2.27. The molecular weight excluding hydrogens is 394 g/mol. The number of aliphatic hydroxyl groups is 1. The number of carbonyl (C=O) groups excluding carboxylic acids is 2. The highest BCUT2D eigenvalue weighted by atomic mass is 16.5. The molecule has 1 heterocycles. The maximum atomic E-state index is 13.2. The lowest BCUT2D eigenvalue weighted by molar-refractivity contribution is -0.130. The molecule has 31 heavy (non-hydrogen) atoms. The number of methoxy groups -OCH3 is 1. The predicted octanol–water partition coefficient (Wildman–Crippen LogP) is 4.02. The Kier molecular flexibility index (Phi) is 7.47. The van der Waals surface area contributed by atoms with Gasteiger partial charge in [0.25, 0.3) is 5.91 Å². The van der Waals surface area contributed by atoms with Crippen LogP contribution < -0.4 is 4.74 Å². The standard InChI is InChI=1S/C25H29NO5/c1-17(2)31-20-11-7-10-19(16-20)23-22(24(28)25(29)26(23)14-15-30-3)21(27)13-12-18-8-5-4-6-9-18/h4-11,16-17,23,28H,12-15H2,1-3H3. The maximum Gasteiger partial charge on any atom is 0.290 e. The monoisotopic (exact) mass is 423 g/mol. The van der Waals surface area contributed by atoms with Crippen molar-refractivity contribution in [1.29, 1.82) is 0 Å². The van der Waals surface area contributed by atoms with Gasteiger partial charge < -0.3 is 19.5 Å². The lowest BCUT2D eigenvalue weighted by Crippen LogP contribution is -2.34. The molecule has 6 heteroatoms. The number of ether oxygens (including phenoxy) is 2. The quantitative estimate of drug-likeness (QED) is 0.625. The molecule has 164 valence electrons. The van der Waals surface area contributed by atoms with Crippen molar-refractivity contribution >= 4 is 11.7 Å². The second-order valence-electron chi connectivity index (χ2n) is 7.80. The van der Waals surface area contributed by atoms with Crippen molar-refractivity contribution in [2.45, 2.75) is 38.8 Å². The van der Waals surface area contributed by atoms with Crippen LogP contribution in [0.15, 0.2) is 65.9 Å². The topological polar surface area (TPSA) is 76.1 Å². The second-order valence-corrected chi connectivity index (χ2v) is 7.80. The van der Waals surface area contributed by atoms with Gasteiger partial charge in [0, 0.05) is 20.1 Å². The Balaban J connectivity index is 1.92. The van der Waals surface area contributed by atoms with E-state index in [1.807, 2.05) is 68.4 Å². The fourth-order valence-corrected chi connectivity index (χ4v) is 3.77. The van der Waals surface area contributed by atoms with Crippen molar-refractivity contribution in [3.63, 3.8) is 0 Å². The molecule has 0 aliphatic carbocycles. The largest absolute Gasteiger partial charge is 0.503 e. The molecule has 0 radical (unpaired) electrons. The number of aryl methyl sites for hydroxylation is 1. The molecule has 0 aromatic heterocycles. The van der Waals surface area contributed by atoms with Gasteiger partial charge in [-0.25, -0.2) is 0 Å². The van der Waals surface area contributed by atoms with E-state index in [1.54, 1.807) is 7.11 Å². The number of hydrogen-bond acceptors (Lipinski definition) is 5. The first-order valence-electron chi connectivity index (χ1n) is 10.5. The van der Waals surface area contributed by atoms with Crippen LogP contribution in [0.5, 0.6) is 5.75 Å². The number of benzene rings is 2. The lowest BCUT2D eigenvalue weighted by atomic mass is 9.93. The van der Waals surface area contributed by atoms with Gasteiger partial charge in [-0.3, -0.25) is 9.59 Å². The van der Waals surface area contributed by atoms with Gasteiger partial charge in [0.2, 0.25) is 0 Å². The van der Waals surface area contributed by atoms with Gasteiger partial charge in [0.1, 0.15) is 5.75 Å². The Morgan fingerprint density at radius 1 is 1.13 bits per heavy atom. The van der Waals surface area contributed by atoms with Gasteiger partial charge in [0.05, 0.1) is 24.3 Å². The van der Waals surface area contributed by atoms with Crippen molar-refractivity contribution in [2.75, 3.05) is 20.3 Å². The van der Waals surface area contributed by atoms with Crippen molar-refractivity contribution in [2.24, 2.45) is 0 Å². The van der Waals surface area contributed by atoms with E-state index < -0.39 is 17.7 Å². The third-order valence-electron chi connectivity index (χ3n) is 5.17. The van der Waals surface area contributed by atoms with Gasteiger partial charge in [-0.1, -0.05) is 42.5 Å². The fourth-order valence-electron chi connectivity index (χ4n) is 3.77. The molecule has 0 spiro atoms. The highest BCUT2D eigenvalue weighted by molar-refractivity contribution is 6.09. The second kappa shape index (κ2) is 10.3. The zero-order valence-electron chi connectivity index (χ0n) is 18.2. The van der Waals surface area contributed by atoms with Crippen LogP contribution in [0.3, 0.4) is 0 Å². The van der Waals surface area contributed by atoms with Crippen LogP contribution in [0.4, 0.5) is 0 Å². The molecule has 3 rings (SSSR count). The molecule has 0 saturated carbocycles. The Bertz CT molecular complexity index is 951. The normalized spacial score (nSPS) is 16.3. The van der Waals surface area contributed by atoms with Crippen LogP contribution in [-0.2, 0) is 20.7 Å². The van der Waals surface area contributed by atoms with Gasteiger partial charge in [-0.05, 0) is 43.5 Å². The third-order valence-corrected chi connectivity index (χ3v) is 5.17. The third kappa shape index (κ3) is 5.33. The molecule has 1 aliphatic heterocycles. The highest BCUT2D eigenvalue weighted by Gasteiger charge is 2.43. The van der Waals surface area contributed by atoms with E-state index in [0.29, 0.717) is 18.8 Å². The van der Waals surface area contributed by atoms with Crippen molar-refractivity contribution in [3.05, 3.63) is 77.1 Å². The SMILES string of the molecule is COCCN1C(=O)C(O)=C(C(=O)CCc2ccccc2)C1c1cccc(OC(C)C)c1. The zero-order valence-corrected chi connectivity index (χ0v) is 18.2. The van der Waals surface area contributed by atoms with E-state index in [4.69, 9.17) is 9.47 Å². The molecule has 0 fully saturated rings. The molecule has 2 aromatic rings. The summed E-state index contributed by atoms with van der Waals surface area (Å²) in [5.74, 6) is -0.626.